The van der Waals surface area contributed by atoms with E-state index in [1.807, 2.05) is 54.6 Å². The number of hydrogen-bond donors (Lipinski definition) is 0. The van der Waals surface area contributed by atoms with Crippen LogP contribution in [-0.2, 0) is 6.42 Å². The number of rotatable bonds is 3. The lowest BCUT2D eigenvalue weighted by Gasteiger charge is -2.12. The minimum atomic E-state index is 0.618. The molecule has 0 aliphatic heterocycles. The van der Waals surface area contributed by atoms with E-state index < -0.39 is 0 Å². The SMILES string of the molecule is Clc1cccc2c(-c3c[c]ccc3)c(Cc3ccccc3)nnc12. The topological polar surface area (TPSA) is 25.8 Å². The second kappa shape index (κ2) is 6.42. The molecule has 2 nitrogen and oxygen atoms in total. The Morgan fingerprint density at radius 2 is 1.75 bits per heavy atom. The zero-order valence-corrected chi connectivity index (χ0v) is 13.7. The first-order valence-electron chi connectivity index (χ1n) is 7.77. The first-order chi connectivity index (χ1) is 11.8. The lowest BCUT2D eigenvalue weighted by molar-refractivity contribution is 0.969. The molecule has 0 bridgehead atoms. The third-order valence-corrected chi connectivity index (χ3v) is 4.33. The number of fused-ring (bicyclic) bond motifs is 1. The minimum absolute atomic E-state index is 0.618. The van der Waals surface area contributed by atoms with E-state index in [0.29, 0.717) is 5.02 Å². The molecule has 1 heterocycles. The van der Waals surface area contributed by atoms with Gasteiger partial charge in [0.25, 0.3) is 0 Å². The van der Waals surface area contributed by atoms with Crippen LogP contribution in [-0.4, -0.2) is 10.2 Å². The number of benzene rings is 3. The Balaban J connectivity index is 1.96. The molecular formula is C21H14ClN2. The second-order valence-corrected chi connectivity index (χ2v) is 6.02. The Labute approximate surface area is 145 Å². The maximum atomic E-state index is 6.32. The molecule has 0 saturated heterocycles. The average molecular weight is 330 g/mol. The number of hydrogen-bond acceptors (Lipinski definition) is 2. The van der Waals surface area contributed by atoms with Crippen LogP contribution in [0.1, 0.15) is 11.3 Å². The van der Waals surface area contributed by atoms with Crippen molar-refractivity contribution in [1.29, 1.82) is 0 Å². The molecule has 0 atom stereocenters. The van der Waals surface area contributed by atoms with Crippen molar-refractivity contribution in [3.8, 4) is 11.1 Å². The van der Waals surface area contributed by atoms with E-state index in [9.17, 15) is 0 Å². The molecule has 3 aromatic carbocycles. The van der Waals surface area contributed by atoms with Gasteiger partial charge in [-0.3, -0.25) is 0 Å². The number of aromatic nitrogens is 2. The summed E-state index contributed by atoms with van der Waals surface area (Å²) in [6.07, 6.45) is 0.723. The molecule has 0 unspecified atom stereocenters. The Hall–Kier alpha value is -2.71. The van der Waals surface area contributed by atoms with Gasteiger partial charge < -0.3 is 0 Å². The second-order valence-electron chi connectivity index (χ2n) is 5.61. The lowest BCUT2D eigenvalue weighted by atomic mass is 9.96. The number of nitrogens with zero attached hydrogens (tertiary/aromatic N) is 2. The third kappa shape index (κ3) is 2.77. The molecule has 0 saturated carbocycles. The molecule has 0 aliphatic carbocycles. The van der Waals surface area contributed by atoms with Gasteiger partial charge in [-0.05, 0) is 29.3 Å². The fourth-order valence-electron chi connectivity index (χ4n) is 2.92. The summed E-state index contributed by atoms with van der Waals surface area (Å²) in [6, 6.07) is 27.2. The smallest absolute Gasteiger partial charge is 0.112 e. The zero-order valence-electron chi connectivity index (χ0n) is 12.9. The van der Waals surface area contributed by atoms with Crippen LogP contribution >= 0.6 is 11.6 Å². The van der Waals surface area contributed by atoms with Gasteiger partial charge in [0.2, 0.25) is 0 Å². The monoisotopic (exact) mass is 329 g/mol. The fraction of sp³-hybridized carbons (Fsp3) is 0.0476. The zero-order chi connectivity index (χ0) is 16.4. The van der Waals surface area contributed by atoms with Crippen LogP contribution in [0, 0.1) is 6.07 Å². The summed E-state index contributed by atoms with van der Waals surface area (Å²) in [5.74, 6) is 0. The largest absolute Gasteiger partial charge is 0.154 e. The Kier molecular flexibility index (Phi) is 3.97. The van der Waals surface area contributed by atoms with E-state index >= 15 is 0 Å². The quantitative estimate of drug-likeness (QED) is 0.507. The molecule has 4 aromatic rings. The van der Waals surface area contributed by atoms with Crippen molar-refractivity contribution in [3.63, 3.8) is 0 Å². The normalized spacial score (nSPS) is 10.9. The van der Waals surface area contributed by atoms with Crippen molar-refractivity contribution in [2.24, 2.45) is 0 Å². The standard InChI is InChI=1S/C21H14ClN2/c22-18-13-7-12-17-20(16-10-5-2-6-11-16)19(23-24-21(17)18)14-15-8-3-1-4-9-15/h1-5,7-13H,14H2. The average Bonchev–Trinajstić information content (AvgIpc) is 2.63. The van der Waals surface area contributed by atoms with Crippen molar-refractivity contribution in [1.82, 2.24) is 10.2 Å². The predicted octanol–water partition coefficient (Wildman–Crippen LogP) is 5.34. The fourth-order valence-corrected chi connectivity index (χ4v) is 3.13. The Bertz CT molecular complexity index is 983. The lowest BCUT2D eigenvalue weighted by Crippen LogP contribution is -2.00. The van der Waals surface area contributed by atoms with Gasteiger partial charge in [0.15, 0.2) is 0 Å². The molecule has 0 spiro atoms. The molecule has 0 aliphatic rings. The van der Waals surface area contributed by atoms with E-state index in [1.165, 1.54) is 5.56 Å². The van der Waals surface area contributed by atoms with E-state index in [0.717, 1.165) is 34.1 Å². The molecule has 115 valence electrons. The van der Waals surface area contributed by atoms with Crippen LogP contribution < -0.4 is 0 Å². The van der Waals surface area contributed by atoms with Crippen LogP contribution in [0.25, 0.3) is 22.0 Å². The highest BCUT2D eigenvalue weighted by Crippen LogP contribution is 2.33. The molecule has 3 heteroatoms. The highest BCUT2D eigenvalue weighted by molar-refractivity contribution is 6.35. The maximum Gasteiger partial charge on any atom is 0.112 e. The van der Waals surface area contributed by atoms with Gasteiger partial charge in [0.05, 0.1) is 10.7 Å². The third-order valence-electron chi connectivity index (χ3n) is 4.03. The van der Waals surface area contributed by atoms with Gasteiger partial charge in [0, 0.05) is 17.4 Å². The van der Waals surface area contributed by atoms with Crippen LogP contribution in [0.15, 0.2) is 72.8 Å². The highest BCUT2D eigenvalue weighted by Gasteiger charge is 2.14. The van der Waals surface area contributed by atoms with Crippen LogP contribution in [0.4, 0.5) is 0 Å². The molecule has 1 aromatic heterocycles. The molecule has 0 amide bonds. The summed E-state index contributed by atoms with van der Waals surface area (Å²) < 4.78 is 0. The maximum absolute atomic E-state index is 6.32. The van der Waals surface area contributed by atoms with Gasteiger partial charge in [0.1, 0.15) is 5.52 Å². The van der Waals surface area contributed by atoms with Crippen molar-refractivity contribution < 1.29 is 0 Å². The summed E-state index contributed by atoms with van der Waals surface area (Å²) in [4.78, 5) is 0. The van der Waals surface area contributed by atoms with E-state index in [-0.39, 0.29) is 0 Å². The van der Waals surface area contributed by atoms with Crippen LogP contribution in [0.2, 0.25) is 5.02 Å². The Morgan fingerprint density at radius 3 is 2.54 bits per heavy atom. The van der Waals surface area contributed by atoms with Crippen molar-refractivity contribution >= 4 is 22.5 Å². The summed E-state index contributed by atoms with van der Waals surface area (Å²) >= 11 is 6.32. The van der Waals surface area contributed by atoms with Gasteiger partial charge in [-0.1, -0.05) is 72.3 Å². The van der Waals surface area contributed by atoms with Gasteiger partial charge in [-0.2, -0.15) is 5.10 Å². The summed E-state index contributed by atoms with van der Waals surface area (Å²) in [7, 11) is 0. The Morgan fingerprint density at radius 1 is 0.875 bits per heavy atom. The molecule has 4 rings (SSSR count). The van der Waals surface area contributed by atoms with Crippen molar-refractivity contribution in [2.75, 3.05) is 0 Å². The number of halogens is 1. The summed E-state index contributed by atoms with van der Waals surface area (Å²) in [5, 5.41) is 10.5. The summed E-state index contributed by atoms with van der Waals surface area (Å²) in [6.45, 7) is 0. The molecular weight excluding hydrogens is 316 g/mol. The molecule has 0 fully saturated rings. The van der Waals surface area contributed by atoms with Crippen LogP contribution in [0.5, 0.6) is 0 Å². The van der Waals surface area contributed by atoms with Crippen molar-refractivity contribution in [3.05, 3.63) is 95.1 Å². The van der Waals surface area contributed by atoms with E-state index in [1.54, 1.807) is 0 Å². The van der Waals surface area contributed by atoms with E-state index in [4.69, 9.17) is 11.6 Å². The van der Waals surface area contributed by atoms with Gasteiger partial charge in [-0.25, -0.2) is 0 Å². The van der Waals surface area contributed by atoms with E-state index in [2.05, 4.69) is 34.5 Å². The molecule has 24 heavy (non-hydrogen) atoms. The van der Waals surface area contributed by atoms with Crippen LogP contribution in [0.3, 0.4) is 0 Å². The first kappa shape index (κ1) is 14.9. The first-order valence-corrected chi connectivity index (χ1v) is 8.15. The van der Waals surface area contributed by atoms with Gasteiger partial charge in [-0.15, -0.1) is 5.10 Å². The van der Waals surface area contributed by atoms with Crippen molar-refractivity contribution in [2.45, 2.75) is 6.42 Å². The highest BCUT2D eigenvalue weighted by atomic mass is 35.5. The van der Waals surface area contributed by atoms with Gasteiger partial charge >= 0.3 is 0 Å². The molecule has 1 radical (unpaired) electrons. The summed E-state index contributed by atoms with van der Waals surface area (Å²) in [5.41, 5.74) is 5.02. The predicted molar refractivity (Wildman–Crippen MR) is 98.1 cm³/mol. The molecule has 0 N–H and O–H groups in total. The minimum Gasteiger partial charge on any atom is -0.154 e.